The zero-order valence-electron chi connectivity index (χ0n) is 7.29. The second-order valence-electron chi connectivity index (χ2n) is 2.88. The molecule has 0 aliphatic heterocycles. The largest absolute Gasteiger partial charge is 0.396 e. The molecule has 0 rings (SSSR count). The van der Waals surface area contributed by atoms with Gasteiger partial charge in [0.1, 0.15) is 0 Å². The first-order valence-corrected chi connectivity index (χ1v) is 4.19. The van der Waals surface area contributed by atoms with Crippen molar-refractivity contribution in [2.75, 3.05) is 6.61 Å². The van der Waals surface area contributed by atoms with Crippen molar-refractivity contribution in [3.8, 4) is 0 Å². The molecule has 0 saturated heterocycles. The maximum absolute atomic E-state index is 8.70. The number of unbranched alkanes of at least 4 members (excludes halogenated alkanes) is 1. The van der Waals surface area contributed by atoms with Gasteiger partial charge < -0.3 is 5.11 Å². The highest BCUT2D eigenvalue weighted by molar-refractivity contribution is 4.96. The third kappa shape index (κ3) is 7.34. The van der Waals surface area contributed by atoms with E-state index in [0.717, 1.165) is 19.3 Å². The molecule has 0 heterocycles. The Hall–Kier alpha value is -0.560. The van der Waals surface area contributed by atoms with Crippen LogP contribution in [0.15, 0.2) is 24.8 Å². The van der Waals surface area contributed by atoms with Crippen molar-refractivity contribution in [1.29, 1.82) is 0 Å². The Labute approximate surface area is 69.4 Å². The molecular weight excluding hydrogens is 136 g/mol. The van der Waals surface area contributed by atoms with E-state index in [1.165, 1.54) is 0 Å². The summed E-state index contributed by atoms with van der Waals surface area (Å²) in [6.07, 6.45) is 9.22. The minimum atomic E-state index is 0.311. The molecule has 11 heavy (non-hydrogen) atoms. The van der Waals surface area contributed by atoms with Gasteiger partial charge in [0.15, 0.2) is 0 Å². The summed E-state index contributed by atoms with van der Waals surface area (Å²) >= 11 is 0. The fourth-order valence-electron chi connectivity index (χ4n) is 0.868. The molecule has 0 radical (unpaired) electrons. The van der Waals surface area contributed by atoms with Crippen LogP contribution in [0.25, 0.3) is 0 Å². The highest BCUT2D eigenvalue weighted by Gasteiger charge is 1.96. The van der Waals surface area contributed by atoms with Crippen molar-refractivity contribution in [3.63, 3.8) is 0 Å². The number of rotatable bonds is 6. The van der Waals surface area contributed by atoms with Crippen LogP contribution in [-0.4, -0.2) is 11.7 Å². The van der Waals surface area contributed by atoms with E-state index in [2.05, 4.69) is 19.6 Å². The van der Waals surface area contributed by atoms with E-state index < -0.39 is 0 Å². The van der Waals surface area contributed by atoms with Crippen LogP contribution in [-0.2, 0) is 0 Å². The lowest BCUT2D eigenvalue weighted by Crippen LogP contribution is -1.99. The van der Waals surface area contributed by atoms with Gasteiger partial charge in [-0.3, -0.25) is 0 Å². The van der Waals surface area contributed by atoms with Crippen molar-refractivity contribution in [2.45, 2.75) is 26.2 Å². The van der Waals surface area contributed by atoms with Gasteiger partial charge in [0.25, 0.3) is 0 Å². The lowest BCUT2D eigenvalue weighted by Gasteiger charge is -2.04. The Morgan fingerprint density at radius 3 is 2.82 bits per heavy atom. The van der Waals surface area contributed by atoms with Crippen LogP contribution in [0.4, 0.5) is 0 Å². The third-order valence-corrected chi connectivity index (χ3v) is 1.65. The van der Waals surface area contributed by atoms with Crippen molar-refractivity contribution >= 4 is 0 Å². The highest BCUT2D eigenvalue weighted by Crippen LogP contribution is 2.06. The van der Waals surface area contributed by atoms with Crippen molar-refractivity contribution in [3.05, 3.63) is 24.8 Å². The molecule has 0 bridgehead atoms. The molecule has 1 unspecified atom stereocenters. The molecule has 0 amide bonds. The van der Waals surface area contributed by atoms with Crippen LogP contribution in [0.5, 0.6) is 0 Å². The summed E-state index contributed by atoms with van der Waals surface area (Å²) in [4.78, 5) is 0. The second-order valence-corrected chi connectivity index (χ2v) is 2.88. The lowest BCUT2D eigenvalue weighted by atomic mass is 10.1. The van der Waals surface area contributed by atoms with Crippen molar-refractivity contribution in [1.82, 2.24) is 0 Å². The zero-order chi connectivity index (χ0) is 8.53. The standard InChI is InChI=1S/C10H18O/c1-3-4-5-6-7-8-10(2)9-11/h3-5,10-11H,1,6-9H2,2H3/b5-4+. The fraction of sp³-hybridized carbons (Fsp3) is 0.600. The van der Waals surface area contributed by atoms with E-state index >= 15 is 0 Å². The second kappa shape index (κ2) is 7.55. The van der Waals surface area contributed by atoms with Gasteiger partial charge in [0.2, 0.25) is 0 Å². The van der Waals surface area contributed by atoms with Crippen LogP contribution in [0.3, 0.4) is 0 Å². The van der Waals surface area contributed by atoms with Crippen molar-refractivity contribution < 1.29 is 5.11 Å². The van der Waals surface area contributed by atoms with Gasteiger partial charge in [-0.15, -0.1) is 0 Å². The lowest BCUT2D eigenvalue weighted by molar-refractivity contribution is 0.228. The molecule has 1 nitrogen and oxygen atoms in total. The van der Waals surface area contributed by atoms with E-state index in [9.17, 15) is 0 Å². The summed E-state index contributed by atoms with van der Waals surface area (Å²) in [5, 5.41) is 8.70. The predicted molar refractivity (Wildman–Crippen MR) is 49.4 cm³/mol. The molecule has 1 N–H and O–H groups in total. The first-order valence-electron chi connectivity index (χ1n) is 4.19. The topological polar surface area (TPSA) is 20.2 Å². The van der Waals surface area contributed by atoms with E-state index in [-0.39, 0.29) is 0 Å². The molecule has 0 aliphatic carbocycles. The number of aliphatic hydroxyl groups excluding tert-OH is 1. The predicted octanol–water partition coefficient (Wildman–Crippen LogP) is 2.53. The van der Waals surface area contributed by atoms with E-state index in [0.29, 0.717) is 12.5 Å². The molecule has 0 aromatic rings. The van der Waals surface area contributed by atoms with E-state index in [4.69, 9.17) is 5.11 Å². The first kappa shape index (κ1) is 10.4. The van der Waals surface area contributed by atoms with E-state index in [1.807, 2.05) is 6.08 Å². The number of hydrogen-bond acceptors (Lipinski definition) is 1. The molecular formula is C10H18O. The molecule has 0 aromatic carbocycles. The molecule has 1 atom stereocenters. The monoisotopic (exact) mass is 154 g/mol. The minimum Gasteiger partial charge on any atom is -0.396 e. The summed E-state index contributed by atoms with van der Waals surface area (Å²) < 4.78 is 0. The van der Waals surface area contributed by atoms with Gasteiger partial charge in [0.05, 0.1) is 0 Å². The van der Waals surface area contributed by atoms with Crippen molar-refractivity contribution in [2.24, 2.45) is 5.92 Å². The van der Waals surface area contributed by atoms with Gasteiger partial charge in [-0.05, 0) is 25.2 Å². The third-order valence-electron chi connectivity index (χ3n) is 1.65. The summed E-state index contributed by atoms with van der Waals surface area (Å²) in [6.45, 7) is 5.96. The van der Waals surface area contributed by atoms with Gasteiger partial charge in [-0.25, -0.2) is 0 Å². The average Bonchev–Trinajstić information content (AvgIpc) is 2.04. The average molecular weight is 154 g/mol. The van der Waals surface area contributed by atoms with E-state index in [1.54, 1.807) is 6.08 Å². The molecule has 0 aliphatic rings. The SMILES string of the molecule is C=C/C=C/CCCC(C)CO. The molecule has 0 saturated carbocycles. The van der Waals surface area contributed by atoms with Crippen LogP contribution in [0, 0.1) is 5.92 Å². The van der Waals surface area contributed by atoms with Crippen LogP contribution < -0.4 is 0 Å². The van der Waals surface area contributed by atoms with Crippen LogP contribution >= 0.6 is 0 Å². The van der Waals surface area contributed by atoms with Gasteiger partial charge in [-0.1, -0.05) is 31.7 Å². The minimum absolute atomic E-state index is 0.311. The Morgan fingerprint density at radius 1 is 1.55 bits per heavy atom. The molecule has 0 fully saturated rings. The van der Waals surface area contributed by atoms with Gasteiger partial charge >= 0.3 is 0 Å². The Kier molecular flexibility index (Phi) is 7.16. The fourth-order valence-corrected chi connectivity index (χ4v) is 0.868. The Morgan fingerprint density at radius 2 is 2.27 bits per heavy atom. The summed E-state index contributed by atoms with van der Waals surface area (Å²) in [5.74, 6) is 0.451. The zero-order valence-corrected chi connectivity index (χ0v) is 7.29. The maximum Gasteiger partial charge on any atom is 0.0456 e. The molecule has 64 valence electrons. The van der Waals surface area contributed by atoms with Crippen LogP contribution in [0.2, 0.25) is 0 Å². The smallest absolute Gasteiger partial charge is 0.0456 e. The number of hydrogen-bond donors (Lipinski definition) is 1. The normalized spacial score (nSPS) is 13.6. The quantitative estimate of drug-likeness (QED) is 0.460. The first-order chi connectivity index (χ1) is 5.31. The summed E-state index contributed by atoms with van der Waals surface area (Å²) in [7, 11) is 0. The Balaban J connectivity index is 3.13. The Bertz CT molecular complexity index is 116. The number of allylic oxidation sites excluding steroid dienone is 3. The highest BCUT2D eigenvalue weighted by atomic mass is 16.3. The van der Waals surface area contributed by atoms with Crippen LogP contribution in [0.1, 0.15) is 26.2 Å². The maximum atomic E-state index is 8.70. The van der Waals surface area contributed by atoms with Gasteiger partial charge in [0, 0.05) is 6.61 Å². The summed E-state index contributed by atoms with van der Waals surface area (Å²) in [5.41, 5.74) is 0. The number of aliphatic hydroxyl groups is 1. The molecule has 0 aromatic heterocycles. The molecule has 0 spiro atoms. The van der Waals surface area contributed by atoms with Gasteiger partial charge in [-0.2, -0.15) is 0 Å². The summed E-state index contributed by atoms with van der Waals surface area (Å²) in [6, 6.07) is 0. The molecule has 1 heteroatoms.